The van der Waals surface area contributed by atoms with Gasteiger partial charge in [-0.1, -0.05) is 48.5 Å². The molecule has 2 aromatic carbocycles. The zero-order chi connectivity index (χ0) is 25.8. The van der Waals surface area contributed by atoms with E-state index in [4.69, 9.17) is 4.74 Å². The van der Waals surface area contributed by atoms with Crippen LogP contribution in [0.5, 0.6) is 5.75 Å². The number of amides is 2. The highest BCUT2D eigenvalue weighted by Crippen LogP contribution is 2.32. The van der Waals surface area contributed by atoms with E-state index in [2.05, 4.69) is 5.32 Å². The van der Waals surface area contributed by atoms with Crippen molar-refractivity contribution in [3.05, 3.63) is 77.5 Å². The molecule has 0 radical (unpaired) electrons. The molecule has 0 saturated carbocycles. The number of nitrogens with one attached hydrogen (secondary N) is 1. The molecule has 35 heavy (non-hydrogen) atoms. The van der Waals surface area contributed by atoms with E-state index in [-0.39, 0.29) is 11.1 Å². The fourth-order valence-corrected chi connectivity index (χ4v) is 5.45. The molecule has 184 valence electrons. The number of carboxylic acid groups (broad SMARTS) is 1. The zero-order valence-electron chi connectivity index (χ0n) is 19.0. The first-order valence-corrected chi connectivity index (χ1v) is 12.3. The van der Waals surface area contributed by atoms with Crippen molar-refractivity contribution in [3.63, 3.8) is 0 Å². The first kappa shape index (κ1) is 25.6. The molecular weight excluding hydrogens is 476 g/mol. The van der Waals surface area contributed by atoms with Gasteiger partial charge in [0, 0.05) is 5.56 Å². The summed E-state index contributed by atoms with van der Waals surface area (Å²) in [6.45, 7) is 2.32. The lowest BCUT2D eigenvalue weighted by Gasteiger charge is -2.46. The molecule has 2 N–H and O–H groups in total. The quantitative estimate of drug-likeness (QED) is 0.283. The van der Waals surface area contributed by atoms with Gasteiger partial charge in [0.05, 0.1) is 0 Å². The molecule has 1 heterocycles. The van der Waals surface area contributed by atoms with Crippen molar-refractivity contribution in [2.45, 2.75) is 25.3 Å². The van der Waals surface area contributed by atoms with Crippen molar-refractivity contribution in [1.29, 1.82) is 0 Å². The van der Waals surface area contributed by atoms with Crippen molar-refractivity contribution in [2.75, 3.05) is 12.4 Å². The number of Topliss-reactive ketones (excluding diaryl/α,β-unsaturated/α-hetero) is 1. The summed E-state index contributed by atoms with van der Waals surface area (Å²) in [5, 5.41) is 10.1. The van der Waals surface area contributed by atoms with Crippen LogP contribution in [0.1, 0.15) is 24.2 Å². The molecule has 2 amide bonds. The van der Waals surface area contributed by atoms with Crippen LogP contribution in [0.15, 0.2) is 71.9 Å². The molecular formula is C24H24N2O8S. The maximum atomic E-state index is 13.3. The van der Waals surface area contributed by atoms with Crippen LogP contribution in [-0.4, -0.2) is 65.8 Å². The first-order chi connectivity index (χ1) is 16.5. The molecule has 3 rings (SSSR count). The Balaban J connectivity index is 1.85. The number of sulfone groups is 1. The van der Waals surface area contributed by atoms with E-state index >= 15 is 0 Å². The second-order valence-corrected chi connectivity index (χ2v) is 10.1. The van der Waals surface area contributed by atoms with Crippen LogP contribution in [-0.2, 0) is 24.2 Å². The van der Waals surface area contributed by atoms with Crippen LogP contribution in [0, 0.1) is 0 Å². The molecule has 1 fully saturated rings. The third-order valence-electron chi connectivity index (χ3n) is 5.19. The Morgan fingerprint density at radius 2 is 1.57 bits per heavy atom. The summed E-state index contributed by atoms with van der Waals surface area (Å²) in [5.74, 6) is -4.53. The molecule has 0 unspecified atom stereocenters. The summed E-state index contributed by atoms with van der Waals surface area (Å²) < 4.78 is 31.8. The van der Waals surface area contributed by atoms with Gasteiger partial charge in [-0.3, -0.25) is 19.3 Å². The van der Waals surface area contributed by atoms with Gasteiger partial charge in [0.2, 0.25) is 0 Å². The average molecular weight is 501 g/mol. The monoisotopic (exact) mass is 500 g/mol. The van der Waals surface area contributed by atoms with Crippen molar-refractivity contribution >= 4 is 33.4 Å². The second-order valence-electron chi connectivity index (χ2n) is 8.00. The smallest absolute Gasteiger partial charge is 0.352 e. The van der Waals surface area contributed by atoms with Gasteiger partial charge >= 0.3 is 5.97 Å². The number of likely N-dealkylation sites (tertiary alicyclic amines) is 1. The van der Waals surface area contributed by atoms with Crippen molar-refractivity contribution in [2.24, 2.45) is 0 Å². The minimum atomic E-state index is -4.42. The predicted octanol–water partition coefficient (Wildman–Crippen LogP) is 1.39. The summed E-state index contributed by atoms with van der Waals surface area (Å²) in [6.07, 6.45) is 0. The highest BCUT2D eigenvalue weighted by atomic mass is 32.2. The summed E-state index contributed by atoms with van der Waals surface area (Å²) in [5.41, 5.74) is -0.204. The molecule has 0 aromatic heterocycles. The fourth-order valence-electron chi connectivity index (χ4n) is 3.62. The number of carbonyl (C=O) groups is 4. The number of nitrogens with zero attached hydrogens (tertiary/aromatic N) is 1. The third-order valence-corrected chi connectivity index (χ3v) is 7.07. The number of hydrogen-bond acceptors (Lipinski definition) is 7. The maximum Gasteiger partial charge on any atom is 0.352 e. The number of allylic oxidation sites excluding steroid dienone is 1. The lowest BCUT2D eigenvalue weighted by molar-refractivity contribution is -0.151. The summed E-state index contributed by atoms with van der Waals surface area (Å²) in [7, 11) is -4.42. The number of ether oxygens (including phenoxy) is 1. The largest absolute Gasteiger partial charge is 0.484 e. The van der Waals surface area contributed by atoms with Gasteiger partial charge < -0.3 is 15.2 Å². The number of β-lactam (4-membered cyclic amide) rings is 1. The minimum Gasteiger partial charge on any atom is -0.484 e. The van der Waals surface area contributed by atoms with E-state index in [1.165, 1.54) is 26.0 Å². The number of carbonyl (C=O) groups excluding carboxylic acids is 3. The standard InChI is InChI=1S/C24H24N2O8S/c1-15(2)21(24(30)31)26-22(29)20(25-19(28)13-34-17-11-7-4-8-12-17)23(26)35(32,33)14-18(27)16-9-5-3-6-10-16/h3-12,20,23H,13-14H2,1-2H3,(H,25,28)(H,30,31)/t20-,23-/m0/s1. The summed E-state index contributed by atoms with van der Waals surface area (Å²) in [6, 6.07) is 14.5. The Labute approximate surface area is 202 Å². The molecule has 1 aliphatic rings. The van der Waals surface area contributed by atoms with Gasteiger partial charge in [0.1, 0.15) is 23.2 Å². The highest BCUT2D eigenvalue weighted by Gasteiger charge is 2.58. The van der Waals surface area contributed by atoms with Crippen LogP contribution < -0.4 is 10.1 Å². The Morgan fingerprint density at radius 1 is 1.00 bits per heavy atom. The zero-order valence-corrected chi connectivity index (χ0v) is 19.8. The van der Waals surface area contributed by atoms with Crippen LogP contribution in [0.2, 0.25) is 0 Å². The van der Waals surface area contributed by atoms with Gasteiger partial charge in [-0.25, -0.2) is 13.2 Å². The van der Waals surface area contributed by atoms with Gasteiger partial charge in [0.25, 0.3) is 11.8 Å². The summed E-state index contributed by atoms with van der Waals surface area (Å²) >= 11 is 0. The Hall–Kier alpha value is -3.99. The van der Waals surface area contributed by atoms with Gasteiger partial charge in [-0.15, -0.1) is 0 Å². The minimum absolute atomic E-state index is 0.144. The number of benzene rings is 2. The summed E-state index contributed by atoms with van der Waals surface area (Å²) in [4.78, 5) is 50.3. The number of ketones is 1. The highest BCUT2D eigenvalue weighted by molar-refractivity contribution is 7.92. The number of aliphatic carboxylic acids is 1. The molecule has 10 nitrogen and oxygen atoms in total. The molecule has 0 spiro atoms. The van der Waals surface area contributed by atoms with Crippen LogP contribution in [0.4, 0.5) is 0 Å². The van der Waals surface area contributed by atoms with E-state index in [0.717, 1.165) is 0 Å². The number of hydrogen-bond donors (Lipinski definition) is 2. The number of rotatable bonds is 10. The Bertz CT molecular complexity index is 1270. The van der Waals surface area contributed by atoms with Gasteiger partial charge in [0.15, 0.2) is 27.6 Å². The van der Waals surface area contributed by atoms with E-state index in [1.807, 2.05) is 0 Å². The maximum absolute atomic E-state index is 13.3. The molecule has 2 atom stereocenters. The second kappa shape index (κ2) is 10.5. The van der Waals surface area contributed by atoms with E-state index in [1.54, 1.807) is 48.5 Å². The molecule has 2 aromatic rings. The molecule has 1 aliphatic heterocycles. The Morgan fingerprint density at radius 3 is 2.11 bits per heavy atom. The van der Waals surface area contributed by atoms with Crippen molar-refractivity contribution in [3.8, 4) is 5.75 Å². The van der Waals surface area contributed by atoms with Gasteiger partial charge in [-0.05, 0) is 31.6 Å². The van der Waals surface area contributed by atoms with Gasteiger partial charge in [-0.2, -0.15) is 0 Å². The average Bonchev–Trinajstić information content (AvgIpc) is 2.81. The third kappa shape index (κ3) is 5.75. The van der Waals surface area contributed by atoms with E-state index < -0.39 is 62.9 Å². The number of carboxylic acids is 1. The predicted molar refractivity (Wildman–Crippen MR) is 125 cm³/mol. The van der Waals surface area contributed by atoms with Crippen LogP contribution >= 0.6 is 0 Å². The normalized spacial score (nSPS) is 17.2. The van der Waals surface area contributed by atoms with Crippen LogP contribution in [0.25, 0.3) is 0 Å². The van der Waals surface area contributed by atoms with E-state index in [0.29, 0.717) is 10.6 Å². The SMILES string of the molecule is CC(C)=C(C(=O)O)N1C(=O)[C@H](NC(=O)COc2ccccc2)[C@@H]1S(=O)(=O)CC(=O)c1ccccc1. The lowest BCUT2D eigenvalue weighted by Crippen LogP contribution is -2.73. The molecule has 1 saturated heterocycles. The van der Waals surface area contributed by atoms with E-state index in [9.17, 15) is 32.7 Å². The number of para-hydroxylation sites is 1. The van der Waals surface area contributed by atoms with Crippen molar-refractivity contribution in [1.82, 2.24) is 10.2 Å². The molecule has 0 bridgehead atoms. The fraction of sp³-hybridized carbons (Fsp3) is 0.250. The van der Waals surface area contributed by atoms with Crippen LogP contribution in [0.3, 0.4) is 0 Å². The first-order valence-electron chi connectivity index (χ1n) is 10.5. The molecule has 0 aliphatic carbocycles. The topological polar surface area (TPSA) is 147 Å². The molecule has 11 heteroatoms. The Kier molecular flexibility index (Phi) is 7.70. The lowest BCUT2D eigenvalue weighted by atomic mass is 10.0. The van der Waals surface area contributed by atoms with Crippen molar-refractivity contribution < 1.29 is 37.4 Å².